The number of carbonyl (C=O) groups is 1. The zero-order valence-electron chi connectivity index (χ0n) is 11.8. The Bertz CT molecular complexity index is 507. The minimum absolute atomic E-state index is 0.0809. The summed E-state index contributed by atoms with van der Waals surface area (Å²) < 4.78 is 0. The Morgan fingerprint density at radius 3 is 2.84 bits per heavy atom. The Labute approximate surface area is 114 Å². The third-order valence-electron chi connectivity index (χ3n) is 4.40. The van der Waals surface area contributed by atoms with E-state index in [9.17, 15) is 4.79 Å². The molecular formula is C16H22N2O. The zero-order chi connectivity index (χ0) is 13.5. The molecule has 1 aliphatic heterocycles. The molecule has 0 bridgehead atoms. The third-order valence-corrected chi connectivity index (χ3v) is 4.40. The average molecular weight is 258 g/mol. The number of rotatable bonds is 2. The first-order valence-electron chi connectivity index (χ1n) is 7.17. The molecule has 1 aliphatic carbocycles. The van der Waals surface area contributed by atoms with Crippen LogP contribution in [0.4, 0.5) is 0 Å². The molecule has 1 heterocycles. The molecule has 1 atom stereocenters. The fraction of sp³-hybridized carbons (Fsp3) is 0.562. The highest BCUT2D eigenvalue weighted by atomic mass is 16.1. The van der Waals surface area contributed by atoms with Crippen molar-refractivity contribution in [1.82, 2.24) is 10.6 Å². The summed E-state index contributed by atoms with van der Waals surface area (Å²) in [4.78, 5) is 12.3. The molecule has 1 aromatic rings. The Hall–Kier alpha value is -1.35. The summed E-state index contributed by atoms with van der Waals surface area (Å²) in [5.41, 5.74) is 3.75. The summed E-state index contributed by atoms with van der Waals surface area (Å²) in [5.74, 6) is 0.0809. The molecule has 19 heavy (non-hydrogen) atoms. The molecule has 1 aromatic carbocycles. The maximum absolute atomic E-state index is 12.3. The average Bonchev–Trinajstić information content (AvgIpc) is 2.94. The van der Waals surface area contributed by atoms with Crippen molar-refractivity contribution in [2.45, 2.75) is 52.2 Å². The number of hydrogen-bond donors (Lipinski definition) is 2. The van der Waals surface area contributed by atoms with Crippen molar-refractivity contribution < 1.29 is 4.79 Å². The van der Waals surface area contributed by atoms with E-state index >= 15 is 0 Å². The van der Waals surface area contributed by atoms with E-state index in [2.05, 4.69) is 30.5 Å². The lowest BCUT2D eigenvalue weighted by Gasteiger charge is -2.18. The van der Waals surface area contributed by atoms with E-state index in [0.29, 0.717) is 11.5 Å². The van der Waals surface area contributed by atoms with Gasteiger partial charge in [-0.25, -0.2) is 0 Å². The highest BCUT2D eigenvalue weighted by Crippen LogP contribution is 2.37. The van der Waals surface area contributed by atoms with E-state index in [1.165, 1.54) is 17.5 Å². The number of hydrogen-bond acceptors (Lipinski definition) is 2. The largest absolute Gasteiger partial charge is 0.349 e. The van der Waals surface area contributed by atoms with Crippen LogP contribution in [0.25, 0.3) is 0 Å². The smallest absolute Gasteiger partial charge is 0.251 e. The Morgan fingerprint density at radius 2 is 2.11 bits per heavy atom. The molecule has 2 N–H and O–H groups in total. The quantitative estimate of drug-likeness (QED) is 0.856. The van der Waals surface area contributed by atoms with Gasteiger partial charge in [-0.2, -0.15) is 0 Å². The second-order valence-electron chi connectivity index (χ2n) is 6.66. The van der Waals surface area contributed by atoms with Crippen molar-refractivity contribution in [2.75, 3.05) is 0 Å². The number of nitrogens with one attached hydrogen (secondary N) is 2. The maximum Gasteiger partial charge on any atom is 0.251 e. The Balaban J connectivity index is 1.68. The molecule has 0 radical (unpaired) electrons. The van der Waals surface area contributed by atoms with Gasteiger partial charge in [-0.05, 0) is 47.9 Å². The first kappa shape index (κ1) is 12.7. The van der Waals surface area contributed by atoms with E-state index in [1.807, 2.05) is 12.1 Å². The SMILES string of the molecule is CC1(C)CCC(NC(=O)c2ccc3c(c2)CNC3)C1. The van der Waals surface area contributed by atoms with Crippen LogP contribution in [-0.4, -0.2) is 11.9 Å². The lowest BCUT2D eigenvalue weighted by atomic mass is 9.92. The van der Waals surface area contributed by atoms with E-state index in [1.54, 1.807) is 0 Å². The number of amides is 1. The van der Waals surface area contributed by atoms with Crippen LogP contribution in [0.2, 0.25) is 0 Å². The monoisotopic (exact) mass is 258 g/mol. The van der Waals surface area contributed by atoms with Gasteiger partial charge >= 0.3 is 0 Å². The lowest BCUT2D eigenvalue weighted by Crippen LogP contribution is -2.33. The molecule has 1 saturated carbocycles. The molecule has 0 aromatic heterocycles. The van der Waals surface area contributed by atoms with Crippen molar-refractivity contribution in [3.8, 4) is 0 Å². The summed E-state index contributed by atoms with van der Waals surface area (Å²) in [6.45, 7) is 6.36. The molecule has 102 valence electrons. The highest BCUT2D eigenvalue weighted by molar-refractivity contribution is 5.94. The van der Waals surface area contributed by atoms with Crippen molar-refractivity contribution in [3.63, 3.8) is 0 Å². The van der Waals surface area contributed by atoms with Gasteiger partial charge in [0.15, 0.2) is 0 Å². The Morgan fingerprint density at radius 1 is 1.32 bits per heavy atom. The first-order valence-corrected chi connectivity index (χ1v) is 7.17. The molecular weight excluding hydrogens is 236 g/mol. The van der Waals surface area contributed by atoms with Crippen LogP contribution in [0.5, 0.6) is 0 Å². The van der Waals surface area contributed by atoms with Crippen LogP contribution < -0.4 is 10.6 Å². The lowest BCUT2D eigenvalue weighted by molar-refractivity contribution is 0.0936. The second kappa shape index (κ2) is 4.64. The molecule has 1 amide bonds. The summed E-state index contributed by atoms with van der Waals surface area (Å²) in [6.07, 6.45) is 3.39. The van der Waals surface area contributed by atoms with Gasteiger partial charge in [0.25, 0.3) is 5.91 Å². The van der Waals surface area contributed by atoms with Crippen molar-refractivity contribution >= 4 is 5.91 Å². The molecule has 3 heteroatoms. The molecule has 1 unspecified atom stereocenters. The van der Waals surface area contributed by atoms with Gasteiger partial charge in [-0.1, -0.05) is 19.9 Å². The van der Waals surface area contributed by atoms with Crippen LogP contribution in [-0.2, 0) is 13.1 Å². The summed E-state index contributed by atoms with van der Waals surface area (Å²) in [5, 5.41) is 6.49. The fourth-order valence-corrected chi connectivity index (χ4v) is 3.26. The minimum atomic E-state index is 0.0809. The fourth-order valence-electron chi connectivity index (χ4n) is 3.26. The zero-order valence-corrected chi connectivity index (χ0v) is 11.8. The number of carbonyl (C=O) groups excluding carboxylic acids is 1. The van der Waals surface area contributed by atoms with E-state index < -0.39 is 0 Å². The Kier molecular flexibility index (Phi) is 3.09. The van der Waals surface area contributed by atoms with Crippen molar-refractivity contribution in [2.24, 2.45) is 5.41 Å². The van der Waals surface area contributed by atoms with Gasteiger partial charge in [0.2, 0.25) is 0 Å². The summed E-state index contributed by atoms with van der Waals surface area (Å²) in [7, 11) is 0. The molecule has 3 rings (SSSR count). The van der Waals surface area contributed by atoms with Crippen LogP contribution in [0.1, 0.15) is 54.6 Å². The van der Waals surface area contributed by atoms with Gasteiger partial charge < -0.3 is 10.6 Å². The molecule has 0 saturated heterocycles. The molecule has 3 nitrogen and oxygen atoms in total. The predicted octanol–water partition coefficient (Wildman–Crippen LogP) is 2.60. The molecule has 0 spiro atoms. The van der Waals surface area contributed by atoms with E-state index in [-0.39, 0.29) is 5.91 Å². The van der Waals surface area contributed by atoms with E-state index in [0.717, 1.165) is 31.5 Å². The molecule has 1 fully saturated rings. The minimum Gasteiger partial charge on any atom is -0.349 e. The van der Waals surface area contributed by atoms with Gasteiger partial charge in [-0.3, -0.25) is 4.79 Å². The third kappa shape index (κ3) is 2.66. The summed E-state index contributed by atoms with van der Waals surface area (Å²) >= 11 is 0. The van der Waals surface area contributed by atoms with Crippen molar-refractivity contribution in [3.05, 3.63) is 34.9 Å². The summed E-state index contributed by atoms with van der Waals surface area (Å²) in [6, 6.07) is 6.39. The first-order chi connectivity index (χ1) is 9.03. The maximum atomic E-state index is 12.3. The van der Waals surface area contributed by atoms with E-state index in [4.69, 9.17) is 0 Å². The predicted molar refractivity (Wildman–Crippen MR) is 75.9 cm³/mol. The van der Waals surface area contributed by atoms with Crippen LogP contribution >= 0.6 is 0 Å². The van der Waals surface area contributed by atoms with Gasteiger partial charge in [0, 0.05) is 24.7 Å². The van der Waals surface area contributed by atoms with Gasteiger partial charge in [0.05, 0.1) is 0 Å². The second-order valence-corrected chi connectivity index (χ2v) is 6.66. The topological polar surface area (TPSA) is 41.1 Å². The van der Waals surface area contributed by atoms with Crippen LogP contribution in [0.15, 0.2) is 18.2 Å². The number of fused-ring (bicyclic) bond motifs is 1. The standard InChI is InChI=1S/C16H22N2O/c1-16(2)6-5-14(8-16)18-15(19)11-3-4-12-9-17-10-13(12)7-11/h3-4,7,14,17H,5-6,8-10H2,1-2H3,(H,18,19). The highest BCUT2D eigenvalue weighted by Gasteiger charge is 2.31. The van der Waals surface area contributed by atoms with Crippen molar-refractivity contribution in [1.29, 1.82) is 0 Å². The number of benzene rings is 1. The van der Waals surface area contributed by atoms with Crippen LogP contribution in [0, 0.1) is 5.41 Å². The van der Waals surface area contributed by atoms with Gasteiger partial charge in [-0.15, -0.1) is 0 Å². The molecule has 2 aliphatic rings. The normalized spacial score (nSPS) is 24.2. The van der Waals surface area contributed by atoms with Crippen LogP contribution in [0.3, 0.4) is 0 Å². The van der Waals surface area contributed by atoms with Gasteiger partial charge in [0.1, 0.15) is 0 Å².